The number of nitrogens with one attached hydrogen (secondary N) is 1. The van der Waals surface area contributed by atoms with Crippen LogP contribution in [0.5, 0.6) is 0 Å². The molecule has 2 heterocycles. The third-order valence-electron chi connectivity index (χ3n) is 4.22. The molecule has 3 rings (SSSR count). The van der Waals surface area contributed by atoms with Gasteiger partial charge in [0.25, 0.3) is 5.56 Å². The summed E-state index contributed by atoms with van der Waals surface area (Å²) in [6.07, 6.45) is 0.835. The Morgan fingerprint density at radius 1 is 1.21 bits per heavy atom. The number of anilines is 1. The van der Waals surface area contributed by atoms with Crippen LogP contribution in [0.3, 0.4) is 0 Å². The predicted molar refractivity (Wildman–Crippen MR) is 109 cm³/mol. The summed E-state index contributed by atoms with van der Waals surface area (Å²) in [6.45, 7) is 5.64. The molecule has 0 aliphatic carbocycles. The molecule has 0 spiro atoms. The maximum absolute atomic E-state index is 12.7. The van der Waals surface area contributed by atoms with Gasteiger partial charge in [-0.3, -0.25) is 14.2 Å². The van der Waals surface area contributed by atoms with E-state index in [-0.39, 0.29) is 18.0 Å². The van der Waals surface area contributed by atoms with E-state index in [0.717, 1.165) is 11.3 Å². The Bertz CT molecular complexity index is 1080. The zero-order valence-corrected chi connectivity index (χ0v) is 16.8. The van der Waals surface area contributed by atoms with Crippen molar-refractivity contribution in [3.05, 3.63) is 57.0 Å². The number of aromatic nitrogens is 2. The van der Waals surface area contributed by atoms with Crippen molar-refractivity contribution in [2.24, 2.45) is 0 Å². The van der Waals surface area contributed by atoms with Gasteiger partial charge in [-0.25, -0.2) is 9.78 Å². The first-order chi connectivity index (χ1) is 13.4. The summed E-state index contributed by atoms with van der Waals surface area (Å²) in [5.74, 6) is -0.264. The predicted octanol–water partition coefficient (Wildman–Crippen LogP) is 3.14. The van der Waals surface area contributed by atoms with Gasteiger partial charge in [0.1, 0.15) is 17.2 Å². The standard InChI is InChI=1S/C20H21N3O4S/c1-4-15-10-16-18(28-15)21-12(3)23(19(16)25)11-17(24)22-14-8-6-13(7-9-14)20(26)27-5-2/h6-10H,4-5,11H2,1-3H3,(H,22,24). The van der Waals surface area contributed by atoms with Crippen LogP contribution in [0.15, 0.2) is 35.1 Å². The van der Waals surface area contributed by atoms with Crippen LogP contribution in [0.2, 0.25) is 0 Å². The lowest BCUT2D eigenvalue weighted by molar-refractivity contribution is -0.116. The maximum Gasteiger partial charge on any atom is 0.338 e. The molecular formula is C20H21N3O4S. The number of carbonyl (C=O) groups is 2. The van der Waals surface area contributed by atoms with E-state index in [9.17, 15) is 14.4 Å². The fourth-order valence-corrected chi connectivity index (χ4v) is 3.78. The molecule has 146 valence electrons. The lowest BCUT2D eigenvalue weighted by Gasteiger charge is -2.10. The molecule has 0 saturated carbocycles. The Labute approximate surface area is 166 Å². The highest BCUT2D eigenvalue weighted by Gasteiger charge is 2.14. The minimum absolute atomic E-state index is 0.134. The van der Waals surface area contributed by atoms with E-state index in [4.69, 9.17) is 4.74 Å². The number of ether oxygens (including phenoxy) is 1. The highest BCUT2D eigenvalue weighted by Crippen LogP contribution is 2.22. The van der Waals surface area contributed by atoms with Gasteiger partial charge in [0.2, 0.25) is 5.91 Å². The Balaban J connectivity index is 1.76. The molecule has 0 radical (unpaired) electrons. The average Bonchev–Trinajstić information content (AvgIpc) is 3.09. The molecule has 0 aliphatic heterocycles. The molecule has 0 saturated heterocycles. The van der Waals surface area contributed by atoms with Crippen LogP contribution in [-0.2, 0) is 22.5 Å². The number of hydrogen-bond donors (Lipinski definition) is 1. The number of nitrogens with zero attached hydrogens (tertiary/aromatic N) is 2. The van der Waals surface area contributed by atoms with Crippen molar-refractivity contribution in [2.75, 3.05) is 11.9 Å². The van der Waals surface area contributed by atoms with Gasteiger partial charge in [-0.05, 0) is 50.6 Å². The van der Waals surface area contributed by atoms with Crippen molar-refractivity contribution in [3.8, 4) is 0 Å². The largest absolute Gasteiger partial charge is 0.462 e. The summed E-state index contributed by atoms with van der Waals surface area (Å²) in [5, 5.41) is 3.27. The molecule has 7 nitrogen and oxygen atoms in total. The first kappa shape index (κ1) is 19.8. The first-order valence-corrected chi connectivity index (χ1v) is 9.81. The number of amides is 1. The van der Waals surface area contributed by atoms with Crippen LogP contribution in [0.1, 0.15) is 34.9 Å². The van der Waals surface area contributed by atoms with E-state index in [0.29, 0.717) is 33.9 Å². The minimum Gasteiger partial charge on any atom is -0.462 e. The SMILES string of the molecule is CCOC(=O)c1ccc(NC(=O)Cn2c(C)nc3sc(CC)cc3c2=O)cc1. The quantitative estimate of drug-likeness (QED) is 0.643. The van der Waals surface area contributed by atoms with E-state index >= 15 is 0 Å². The van der Waals surface area contributed by atoms with E-state index in [1.807, 2.05) is 13.0 Å². The van der Waals surface area contributed by atoms with Gasteiger partial charge in [-0.1, -0.05) is 6.92 Å². The normalized spacial score (nSPS) is 10.8. The number of thiophene rings is 1. The van der Waals surface area contributed by atoms with Crippen LogP contribution >= 0.6 is 11.3 Å². The van der Waals surface area contributed by atoms with Gasteiger partial charge in [-0.2, -0.15) is 0 Å². The molecule has 1 aromatic carbocycles. The Hall–Kier alpha value is -3.00. The van der Waals surface area contributed by atoms with Gasteiger partial charge in [-0.15, -0.1) is 11.3 Å². The van der Waals surface area contributed by atoms with Gasteiger partial charge in [0.15, 0.2) is 0 Å². The molecule has 0 fully saturated rings. The van der Waals surface area contributed by atoms with E-state index in [1.54, 1.807) is 38.1 Å². The second-order valence-electron chi connectivity index (χ2n) is 6.18. The number of aryl methyl sites for hydroxylation is 2. The summed E-state index contributed by atoms with van der Waals surface area (Å²) in [7, 11) is 0. The van der Waals surface area contributed by atoms with E-state index < -0.39 is 5.97 Å². The van der Waals surface area contributed by atoms with E-state index in [2.05, 4.69) is 10.3 Å². The molecule has 2 aromatic heterocycles. The molecule has 0 bridgehead atoms. The molecule has 28 heavy (non-hydrogen) atoms. The van der Waals surface area contributed by atoms with Gasteiger partial charge < -0.3 is 10.1 Å². The number of rotatable bonds is 6. The number of fused-ring (bicyclic) bond motifs is 1. The van der Waals surface area contributed by atoms with Crippen molar-refractivity contribution in [3.63, 3.8) is 0 Å². The van der Waals surface area contributed by atoms with Crippen LogP contribution in [0.25, 0.3) is 10.2 Å². The summed E-state index contributed by atoms with van der Waals surface area (Å²) in [6, 6.07) is 8.24. The third-order valence-corrected chi connectivity index (χ3v) is 5.40. The van der Waals surface area contributed by atoms with Crippen molar-refractivity contribution < 1.29 is 14.3 Å². The summed E-state index contributed by atoms with van der Waals surface area (Å²) >= 11 is 1.50. The Morgan fingerprint density at radius 2 is 1.93 bits per heavy atom. The molecule has 1 N–H and O–H groups in total. The number of esters is 1. The van der Waals surface area contributed by atoms with E-state index in [1.165, 1.54) is 15.9 Å². The van der Waals surface area contributed by atoms with Gasteiger partial charge in [0, 0.05) is 10.6 Å². The monoisotopic (exact) mass is 399 g/mol. The number of carbonyl (C=O) groups excluding carboxylic acids is 2. The highest BCUT2D eigenvalue weighted by atomic mass is 32.1. The summed E-state index contributed by atoms with van der Waals surface area (Å²) < 4.78 is 6.30. The van der Waals surface area contributed by atoms with Crippen molar-refractivity contribution in [2.45, 2.75) is 33.7 Å². The zero-order chi connectivity index (χ0) is 20.3. The minimum atomic E-state index is -0.413. The van der Waals surface area contributed by atoms with Crippen molar-refractivity contribution >= 4 is 39.1 Å². The second-order valence-corrected chi connectivity index (χ2v) is 7.30. The number of benzene rings is 1. The highest BCUT2D eigenvalue weighted by molar-refractivity contribution is 7.18. The fourth-order valence-electron chi connectivity index (χ4n) is 2.78. The fraction of sp³-hybridized carbons (Fsp3) is 0.300. The van der Waals surface area contributed by atoms with Crippen LogP contribution in [0, 0.1) is 6.92 Å². The van der Waals surface area contributed by atoms with Crippen molar-refractivity contribution in [1.29, 1.82) is 0 Å². The Morgan fingerprint density at radius 3 is 2.57 bits per heavy atom. The molecular weight excluding hydrogens is 378 g/mol. The Kier molecular flexibility index (Phi) is 5.89. The zero-order valence-electron chi connectivity index (χ0n) is 15.9. The summed E-state index contributed by atoms with van der Waals surface area (Å²) in [4.78, 5) is 43.1. The number of hydrogen-bond acceptors (Lipinski definition) is 6. The van der Waals surface area contributed by atoms with Crippen LogP contribution in [-0.4, -0.2) is 28.0 Å². The van der Waals surface area contributed by atoms with Crippen LogP contribution in [0.4, 0.5) is 5.69 Å². The molecule has 0 atom stereocenters. The topological polar surface area (TPSA) is 90.3 Å². The average molecular weight is 399 g/mol. The molecule has 0 unspecified atom stereocenters. The van der Waals surface area contributed by atoms with Crippen molar-refractivity contribution in [1.82, 2.24) is 9.55 Å². The van der Waals surface area contributed by atoms with Gasteiger partial charge >= 0.3 is 5.97 Å². The molecule has 1 amide bonds. The smallest absolute Gasteiger partial charge is 0.338 e. The first-order valence-electron chi connectivity index (χ1n) is 8.99. The third kappa shape index (κ3) is 4.12. The lowest BCUT2D eigenvalue weighted by atomic mass is 10.2. The second kappa shape index (κ2) is 8.35. The molecule has 0 aliphatic rings. The summed E-state index contributed by atoms with van der Waals surface area (Å²) in [5.41, 5.74) is 0.721. The molecule has 8 heteroatoms. The van der Waals surface area contributed by atoms with Crippen LogP contribution < -0.4 is 10.9 Å². The van der Waals surface area contributed by atoms with Gasteiger partial charge in [0.05, 0.1) is 17.6 Å². The molecule has 3 aromatic rings. The maximum atomic E-state index is 12.7. The lowest BCUT2D eigenvalue weighted by Crippen LogP contribution is -2.29.